The first-order valence-corrected chi connectivity index (χ1v) is 13.1. The number of rotatable bonds is 7. The summed E-state index contributed by atoms with van der Waals surface area (Å²) in [5.74, 6) is -0.815. The molecule has 41 heavy (non-hydrogen) atoms. The van der Waals surface area contributed by atoms with Crippen LogP contribution in [0.15, 0.2) is 61.1 Å². The van der Waals surface area contributed by atoms with Gasteiger partial charge in [-0.15, -0.1) is 5.10 Å². The van der Waals surface area contributed by atoms with Gasteiger partial charge in [-0.2, -0.15) is 14.9 Å². The monoisotopic (exact) mass is 579 g/mol. The van der Waals surface area contributed by atoms with E-state index in [1.165, 1.54) is 18.5 Å². The number of hydrogen-bond acceptors (Lipinski definition) is 8. The van der Waals surface area contributed by atoms with Crippen molar-refractivity contribution in [1.82, 2.24) is 25.0 Å². The molecule has 1 unspecified atom stereocenters. The molecule has 3 heterocycles. The molecule has 13 heteroatoms. The summed E-state index contributed by atoms with van der Waals surface area (Å²) in [6.45, 7) is 0. The number of halogens is 3. The van der Waals surface area contributed by atoms with Crippen molar-refractivity contribution in [2.75, 3.05) is 10.6 Å². The fourth-order valence-electron chi connectivity index (χ4n) is 4.51. The van der Waals surface area contributed by atoms with Crippen molar-refractivity contribution in [3.05, 3.63) is 99.4 Å². The minimum atomic E-state index is -1.42. The molecule has 0 bridgehead atoms. The van der Waals surface area contributed by atoms with Crippen molar-refractivity contribution in [3.8, 4) is 12.1 Å². The van der Waals surface area contributed by atoms with E-state index in [-0.39, 0.29) is 21.7 Å². The van der Waals surface area contributed by atoms with Crippen LogP contribution >= 0.6 is 23.2 Å². The Labute approximate surface area is 245 Å². The van der Waals surface area contributed by atoms with Gasteiger partial charge in [0.2, 0.25) is 5.95 Å². The predicted molar refractivity (Wildman–Crippen MR) is 154 cm³/mol. The number of aromatic nitrogens is 5. The molecule has 1 fully saturated rings. The summed E-state index contributed by atoms with van der Waals surface area (Å²) in [6, 6.07) is 16.2. The molecular weight excluding hydrogens is 563 g/mol. The quantitative estimate of drug-likeness (QED) is 0.178. The van der Waals surface area contributed by atoms with Crippen molar-refractivity contribution < 1.29 is 4.39 Å². The molecule has 1 aliphatic carbocycles. The zero-order valence-electron chi connectivity index (χ0n) is 21.1. The summed E-state index contributed by atoms with van der Waals surface area (Å²) in [4.78, 5) is 8.02. The normalized spacial score (nSPS) is 14.2. The molecule has 198 valence electrons. The van der Waals surface area contributed by atoms with Crippen molar-refractivity contribution in [3.63, 3.8) is 0 Å². The number of fused-ring (bicyclic) bond motifs is 1. The second kappa shape index (κ2) is 10.4. The average Bonchev–Trinajstić information content (AvgIpc) is 3.70. The summed E-state index contributed by atoms with van der Waals surface area (Å²) >= 11 is 12.6. The molecular formula is C28H17BCl2FN9. The highest BCUT2D eigenvalue weighted by Gasteiger charge is 2.34. The maximum atomic E-state index is 13.7. The van der Waals surface area contributed by atoms with Crippen molar-refractivity contribution in [1.29, 1.82) is 10.5 Å². The molecule has 1 saturated carbocycles. The molecule has 2 radical (unpaired) electrons. The Kier molecular flexibility index (Phi) is 6.70. The van der Waals surface area contributed by atoms with Crippen molar-refractivity contribution >= 4 is 59.0 Å². The van der Waals surface area contributed by atoms with E-state index in [9.17, 15) is 14.9 Å². The van der Waals surface area contributed by atoms with Gasteiger partial charge in [0.25, 0.3) is 0 Å². The van der Waals surface area contributed by atoms with Gasteiger partial charge in [-0.25, -0.2) is 9.67 Å². The number of benzene rings is 2. The smallest absolute Gasteiger partial charge is 0.231 e. The Morgan fingerprint density at radius 3 is 2.56 bits per heavy atom. The first kappa shape index (κ1) is 26.5. The van der Waals surface area contributed by atoms with Crippen LogP contribution in [-0.4, -0.2) is 32.8 Å². The van der Waals surface area contributed by atoms with E-state index in [1.807, 2.05) is 0 Å². The van der Waals surface area contributed by atoms with Gasteiger partial charge >= 0.3 is 0 Å². The van der Waals surface area contributed by atoms with Crippen LogP contribution in [-0.2, 0) is 5.44 Å². The minimum Gasteiger partial charge on any atom is -0.378 e. The Morgan fingerprint density at radius 2 is 1.83 bits per heavy atom. The van der Waals surface area contributed by atoms with E-state index >= 15 is 0 Å². The van der Waals surface area contributed by atoms with Gasteiger partial charge in [0.15, 0.2) is 0 Å². The summed E-state index contributed by atoms with van der Waals surface area (Å²) in [5, 5.41) is 35.0. The van der Waals surface area contributed by atoms with Crippen molar-refractivity contribution in [2.45, 2.75) is 24.3 Å². The van der Waals surface area contributed by atoms with E-state index in [1.54, 1.807) is 47.3 Å². The average molecular weight is 580 g/mol. The van der Waals surface area contributed by atoms with Gasteiger partial charge in [0.1, 0.15) is 19.6 Å². The number of nitrogens with zero attached hydrogens (tertiary/aromatic N) is 7. The zero-order chi connectivity index (χ0) is 28.7. The number of hydrogen-bond donors (Lipinski definition) is 2. The molecule has 6 rings (SSSR count). The second-order valence-electron chi connectivity index (χ2n) is 9.58. The highest BCUT2D eigenvalue weighted by Crippen LogP contribution is 2.39. The minimum absolute atomic E-state index is 0.181. The Balaban J connectivity index is 1.49. The topological polar surface area (TPSA) is 128 Å². The van der Waals surface area contributed by atoms with E-state index in [4.69, 9.17) is 31.0 Å². The third kappa shape index (κ3) is 5.02. The van der Waals surface area contributed by atoms with Crippen molar-refractivity contribution in [2.24, 2.45) is 0 Å². The summed E-state index contributed by atoms with van der Waals surface area (Å²) in [6.07, 6.45) is 6.46. The van der Waals surface area contributed by atoms with Crippen LogP contribution in [0.2, 0.25) is 10.0 Å². The molecule has 2 N–H and O–H groups in total. The summed E-state index contributed by atoms with van der Waals surface area (Å²) in [7, 11) is 7.05. The number of pyridine rings is 2. The molecule has 1 atom stereocenters. The van der Waals surface area contributed by atoms with Crippen LogP contribution in [0.3, 0.4) is 0 Å². The van der Waals surface area contributed by atoms with Gasteiger partial charge in [-0.05, 0) is 48.7 Å². The summed E-state index contributed by atoms with van der Waals surface area (Å²) < 4.78 is 15.5. The predicted octanol–water partition coefficient (Wildman–Crippen LogP) is 5.97. The fourth-order valence-corrected chi connectivity index (χ4v) is 4.94. The standard InChI is InChI=1S/C28H17BCl2FN9/c29-28(17-3-1-2-15(6-17)10-33,24-14-41(40-39-24)20-4-5-20)38-18-7-21-25(37-19-9-23(31)27(32)36-13-19)16(11-34)12-35-26(21)22(30)8-18/h1-3,6-9,12-14,20,38H,4-5H2,(H,35,37). The maximum absolute atomic E-state index is 13.7. The molecule has 0 saturated heterocycles. The largest absolute Gasteiger partial charge is 0.378 e. The first-order valence-electron chi connectivity index (χ1n) is 12.4. The first-order chi connectivity index (χ1) is 19.8. The SMILES string of the molecule is [B]C(Nc1cc(Cl)c2ncc(C#N)c(Nc3cnc(F)c(Cl)c3)c2c1)(c1cccc(C#N)c1)c1cn(C2CC2)nn1. The summed E-state index contributed by atoms with van der Waals surface area (Å²) in [5.41, 5.74) is 1.83. The molecule has 9 nitrogen and oxygen atoms in total. The molecule has 1 aliphatic rings. The van der Waals surface area contributed by atoms with Crippen LogP contribution < -0.4 is 10.6 Å². The molecule has 3 aromatic heterocycles. The van der Waals surface area contributed by atoms with E-state index < -0.39 is 11.4 Å². The molecule has 0 amide bonds. The lowest BCUT2D eigenvalue weighted by Gasteiger charge is -2.32. The highest BCUT2D eigenvalue weighted by molar-refractivity contribution is 6.36. The van der Waals surface area contributed by atoms with E-state index in [0.717, 1.165) is 12.8 Å². The Hall–Kier alpha value is -4.71. The van der Waals surface area contributed by atoms with Crippen LogP contribution in [0.4, 0.5) is 21.5 Å². The third-order valence-corrected chi connectivity index (χ3v) is 7.29. The van der Waals surface area contributed by atoms with Gasteiger partial charge in [-0.1, -0.05) is 40.5 Å². The zero-order valence-corrected chi connectivity index (χ0v) is 22.6. The van der Waals surface area contributed by atoms with Crippen LogP contribution in [0.5, 0.6) is 0 Å². The van der Waals surface area contributed by atoms with Gasteiger partial charge in [0, 0.05) is 17.3 Å². The number of nitrogens with one attached hydrogen (secondary N) is 2. The van der Waals surface area contributed by atoms with Crippen LogP contribution in [0.25, 0.3) is 10.9 Å². The Morgan fingerprint density at radius 1 is 1.02 bits per heavy atom. The molecule has 0 spiro atoms. The fraction of sp³-hybridized carbons (Fsp3) is 0.143. The van der Waals surface area contributed by atoms with Crippen LogP contribution in [0.1, 0.15) is 41.3 Å². The van der Waals surface area contributed by atoms with Gasteiger partial charge in [-0.3, -0.25) is 4.98 Å². The highest BCUT2D eigenvalue weighted by atomic mass is 35.5. The van der Waals surface area contributed by atoms with Gasteiger partial charge in [0.05, 0.1) is 68.0 Å². The lowest BCUT2D eigenvalue weighted by molar-refractivity contribution is 0.584. The van der Waals surface area contributed by atoms with Crippen LogP contribution in [0, 0.1) is 28.6 Å². The lowest BCUT2D eigenvalue weighted by Crippen LogP contribution is -2.38. The second-order valence-corrected chi connectivity index (χ2v) is 10.4. The lowest BCUT2D eigenvalue weighted by atomic mass is 9.69. The Bertz CT molecular complexity index is 1910. The van der Waals surface area contributed by atoms with Gasteiger partial charge < -0.3 is 10.6 Å². The third-order valence-electron chi connectivity index (χ3n) is 6.73. The maximum Gasteiger partial charge on any atom is 0.231 e. The molecule has 5 aromatic rings. The molecule has 0 aliphatic heterocycles. The van der Waals surface area contributed by atoms with E-state index in [2.05, 4.69) is 43.1 Å². The number of anilines is 3. The van der Waals surface area contributed by atoms with E-state index in [0.29, 0.717) is 44.8 Å². The number of nitriles is 2. The molecule has 2 aromatic carbocycles.